The molecule has 1 aliphatic rings. The van der Waals surface area contributed by atoms with Gasteiger partial charge in [-0.2, -0.15) is 0 Å². The number of rotatable bonds is 3. The Bertz CT molecular complexity index is 258. The van der Waals surface area contributed by atoms with Crippen molar-refractivity contribution >= 4 is 8.32 Å². The van der Waals surface area contributed by atoms with Crippen LogP contribution in [0, 0.1) is 11.8 Å². The fourth-order valence-corrected chi connectivity index (χ4v) is 2.62. The first-order chi connectivity index (χ1) is 6.88. The highest BCUT2D eigenvalue weighted by Gasteiger charge is 2.18. The summed E-state index contributed by atoms with van der Waals surface area (Å²) < 4.78 is 6.00. The Hall–Kier alpha value is -0.503. The van der Waals surface area contributed by atoms with Gasteiger partial charge in [-0.15, -0.1) is 0 Å². The van der Waals surface area contributed by atoms with E-state index in [0.717, 1.165) is 24.0 Å². The quantitative estimate of drug-likeness (QED) is 0.648. The SMILES string of the molecule is CC(C)[C@H]1CC=CC(O[Si](C)(C)C)=CC1. The fraction of sp³-hybridized carbons (Fsp3) is 0.692. The zero-order valence-corrected chi connectivity index (χ0v) is 11.7. The average molecular weight is 224 g/mol. The molecule has 86 valence electrons. The second-order valence-electron chi connectivity index (χ2n) is 5.70. The molecule has 0 aromatic heterocycles. The molecule has 15 heavy (non-hydrogen) atoms. The van der Waals surface area contributed by atoms with Crippen molar-refractivity contribution in [3.8, 4) is 0 Å². The van der Waals surface area contributed by atoms with Gasteiger partial charge in [-0.25, -0.2) is 0 Å². The lowest BCUT2D eigenvalue weighted by molar-refractivity contribution is 0.388. The molecule has 0 saturated heterocycles. The molecular formula is C13H24OSi. The molecule has 2 heteroatoms. The molecule has 0 spiro atoms. The highest BCUT2D eigenvalue weighted by molar-refractivity contribution is 6.70. The van der Waals surface area contributed by atoms with Gasteiger partial charge >= 0.3 is 0 Å². The zero-order chi connectivity index (χ0) is 11.5. The lowest BCUT2D eigenvalue weighted by Crippen LogP contribution is -2.24. The minimum atomic E-state index is -1.44. The maximum Gasteiger partial charge on any atom is 0.242 e. The molecule has 0 N–H and O–H groups in total. The monoisotopic (exact) mass is 224 g/mol. The predicted molar refractivity (Wildman–Crippen MR) is 69.2 cm³/mol. The van der Waals surface area contributed by atoms with Crippen LogP contribution in [-0.4, -0.2) is 8.32 Å². The van der Waals surface area contributed by atoms with Gasteiger partial charge in [0.1, 0.15) is 0 Å². The van der Waals surface area contributed by atoms with E-state index in [1.54, 1.807) is 0 Å². The largest absolute Gasteiger partial charge is 0.545 e. The highest BCUT2D eigenvalue weighted by Crippen LogP contribution is 2.25. The summed E-state index contributed by atoms with van der Waals surface area (Å²) in [7, 11) is -1.44. The minimum Gasteiger partial charge on any atom is -0.545 e. The Labute approximate surface area is 95.4 Å². The Morgan fingerprint density at radius 3 is 2.47 bits per heavy atom. The molecule has 0 heterocycles. The normalized spacial score (nSPS) is 22.5. The molecule has 0 amide bonds. The molecule has 0 fully saturated rings. The van der Waals surface area contributed by atoms with E-state index in [1.165, 1.54) is 6.42 Å². The molecular weight excluding hydrogens is 200 g/mol. The van der Waals surface area contributed by atoms with Gasteiger partial charge in [-0.05, 0) is 56.5 Å². The van der Waals surface area contributed by atoms with E-state index in [1.807, 2.05) is 0 Å². The van der Waals surface area contributed by atoms with Crippen molar-refractivity contribution in [3.63, 3.8) is 0 Å². The molecule has 0 unspecified atom stereocenters. The van der Waals surface area contributed by atoms with E-state index in [2.05, 4.69) is 51.7 Å². The number of allylic oxidation sites excluding steroid dienone is 3. The van der Waals surface area contributed by atoms with Crippen molar-refractivity contribution in [1.29, 1.82) is 0 Å². The summed E-state index contributed by atoms with van der Waals surface area (Å²) in [5, 5.41) is 0. The Morgan fingerprint density at radius 1 is 1.27 bits per heavy atom. The molecule has 0 aromatic rings. The Kier molecular flexibility index (Phi) is 4.20. The van der Waals surface area contributed by atoms with E-state index in [9.17, 15) is 0 Å². The molecule has 1 nitrogen and oxygen atoms in total. The summed E-state index contributed by atoms with van der Waals surface area (Å²) in [6.07, 6.45) is 9.04. The molecule has 0 bridgehead atoms. The van der Waals surface area contributed by atoms with Crippen LogP contribution in [0.4, 0.5) is 0 Å². The first kappa shape index (κ1) is 12.6. The van der Waals surface area contributed by atoms with Gasteiger partial charge in [-0.3, -0.25) is 0 Å². The van der Waals surface area contributed by atoms with Gasteiger partial charge < -0.3 is 4.43 Å². The van der Waals surface area contributed by atoms with Gasteiger partial charge in [0.25, 0.3) is 0 Å². The summed E-state index contributed by atoms with van der Waals surface area (Å²) in [6.45, 7) is 11.3. The third kappa shape index (κ3) is 4.69. The summed E-state index contributed by atoms with van der Waals surface area (Å²) >= 11 is 0. The highest BCUT2D eigenvalue weighted by atomic mass is 28.4. The fourth-order valence-electron chi connectivity index (χ4n) is 1.76. The van der Waals surface area contributed by atoms with Crippen LogP contribution in [0.15, 0.2) is 24.0 Å². The van der Waals surface area contributed by atoms with E-state index < -0.39 is 8.32 Å². The maximum atomic E-state index is 6.00. The van der Waals surface area contributed by atoms with Gasteiger partial charge in [0.15, 0.2) is 0 Å². The third-order valence-electron chi connectivity index (χ3n) is 2.71. The number of hydrogen-bond donors (Lipinski definition) is 0. The van der Waals surface area contributed by atoms with E-state index in [4.69, 9.17) is 4.43 Å². The van der Waals surface area contributed by atoms with Crippen LogP contribution in [0.1, 0.15) is 26.7 Å². The van der Waals surface area contributed by atoms with Crippen molar-refractivity contribution in [2.24, 2.45) is 11.8 Å². The first-order valence-corrected chi connectivity index (χ1v) is 9.35. The van der Waals surface area contributed by atoms with Gasteiger partial charge in [0.05, 0.1) is 5.76 Å². The van der Waals surface area contributed by atoms with Crippen LogP contribution in [-0.2, 0) is 4.43 Å². The van der Waals surface area contributed by atoms with Crippen LogP contribution in [0.3, 0.4) is 0 Å². The Balaban J connectivity index is 2.61. The van der Waals surface area contributed by atoms with Crippen LogP contribution >= 0.6 is 0 Å². The molecule has 1 rings (SSSR count). The maximum absolute atomic E-state index is 6.00. The van der Waals surface area contributed by atoms with E-state index >= 15 is 0 Å². The molecule has 0 aliphatic heterocycles. The van der Waals surface area contributed by atoms with Gasteiger partial charge in [-0.1, -0.05) is 19.9 Å². The molecule has 0 saturated carbocycles. The summed E-state index contributed by atoms with van der Waals surface area (Å²) in [5.41, 5.74) is 0. The lowest BCUT2D eigenvalue weighted by atomic mass is 9.90. The predicted octanol–water partition coefficient (Wildman–Crippen LogP) is 4.34. The second-order valence-corrected chi connectivity index (χ2v) is 10.1. The minimum absolute atomic E-state index is 0.761. The Morgan fingerprint density at radius 2 is 1.93 bits per heavy atom. The van der Waals surface area contributed by atoms with Crippen molar-refractivity contribution < 1.29 is 4.43 Å². The standard InChI is InChI=1S/C13H24OSi/c1-11(2)12-7-6-8-13(10-9-12)14-15(3,4)5/h6,8,10-12H,7,9H2,1-5H3/t12-/m0/s1. The van der Waals surface area contributed by atoms with Crippen LogP contribution in [0.25, 0.3) is 0 Å². The smallest absolute Gasteiger partial charge is 0.242 e. The molecule has 0 aromatic carbocycles. The van der Waals surface area contributed by atoms with Crippen LogP contribution in [0.5, 0.6) is 0 Å². The summed E-state index contributed by atoms with van der Waals surface area (Å²) in [6, 6.07) is 0. The average Bonchev–Trinajstić information content (AvgIpc) is 2.26. The third-order valence-corrected chi connectivity index (χ3v) is 3.56. The van der Waals surface area contributed by atoms with Gasteiger partial charge in [0, 0.05) is 0 Å². The van der Waals surface area contributed by atoms with Crippen molar-refractivity contribution in [3.05, 3.63) is 24.0 Å². The summed E-state index contributed by atoms with van der Waals surface area (Å²) in [5.74, 6) is 2.64. The van der Waals surface area contributed by atoms with Gasteiger partial charge in [0.2, 0.25) is 8.32 Å². The van der Waals surface area contributed by atoms with Crippen molar-refractivity contribution in [1.82, 2.24) is 0 Å². The summed E-state index contributed by atoms with van der Waals surface area (Å²) in [4.78, 5) is 0. The van der Waals surface area contributed by atoms with E-state index in [0.29, 0.717) is 0 Å². The van der Waals surface area contributed by atoms with Crippen molar-refractivity contribution in [2.45, 2.75) is 46.3 Å². The molecule has 1 aliphatic carbocycles. The zero-order valence-electron chi connectivity index (χ0n) is 10.7. The molecule has 1 atom stereocenters. The topological polar surface area (TPSA) is 9.23 Å². The van der Waals surface area contributed by atoms with Crippen LogP contribution < -0.4 is 0 Å². The lowest BCUT2D eigenvalue weighted by Gasteiger charge is -2.20. The second kappa shape index (κ2) is 5.02. The molecule has 0 radical (unpaired) electrons. The van der Waals surface area contributed by atoms with E-state index in [-0.39, 0.29) is 0 Å². The van der Waals surface area contributed by atoms with Crippen molar-refractivity contribution in [2.75, 3.05) is 0 Å². The first-order valence-electron chi connectivity index (χ1n) is 5.94. The number of hydrogen-bond acceptors (Lipinski definition) is 1. The van der Waals surface area contributed by atoms with Crippen LogP contribution in [0.2, 0.25) is 19.6 Å².